The van der Waals surface area contributed by atoms with Gasteiger partial charge in [0.1, 0.15) is 0 Å². The first-order chi connectivity index (χ1) is 9.54. The molecule has 20 heavy (non-hydrogen) atoms. The van der Waals surface area contributed by atoms with Crippen LogP contribution in [-0.4, -0.2) is 49.6 Å². The normalized spacial score (nSPS) is 16.5. The van der Waals surface area contributed by atoms with Crippen molar-refractivity contribution in [3.63, 3.8) is 0 Å². The van der Waals surface area contributed by atoms with E-state index in [1.807, 2.05) is 13.8 Å². The van der Waals surface area contributed by atoms with Crippen LogP contribution >= 0.6 is 0 Å². The molecule has 0 spiro atoms. The van der Waals surface area contributed by atoms with Gasteiger partial charge in [-0.2, -0.15) is 0 Å². The molecule has 1 saturated heterocycles. The van der Waals surface area contributed by atoms with E-state index in [0.29, 0.717) is 6.54 Å². The highest BCUT2D eigenvalue weighted by Gasteiger charge is 2.19. The highest BCUT2D eigenvalue weighted by atomic mass is 16.2. The molecule has 1 fully saturated rings. The average Bonchev–Trinajstić information content (AvgIpc) is 2.38. The summed E-state index contributed by atoms with van der Waals surface area (Å²) in [4.78, 5) is 16.4. The smallest absolute Gasteiger partial charge is 0.234 e. The van der Waals surface area contributed by atoms with Crippen LogP contribution in [0.1, 0.15) is 19.4 Å². The molecule has 0 aliphatic carbocycles. The Morgan fingerprint density at radius 1 is 1.25 bits per heavy atom. The second-order valence-corrected chi connectivity index (χ2v) is 5.82. The van der Waals surface area contributed by atoms with Gasteiger partial charge in [0.2, 0.25) is 5.91 Å². The highest BCUT2D eigenvalue weighted by molar-refractivity contribution is 5.78. The number of nitrogens with zero attached hydrogens (tertiary/aromatic N) is 2. The van der Waals surface area contributed by atoms with E-state index < -0.39 is 0 Å². The Balaban J connectivity index is 1.82. The lowest BCUT2D eigenvalue weighted by Crippen LogP contribution is -2.50. The third-order valence-corrected chi connectivity index (χ3v) is 3.56. The summed E-state index contributed by atoms with van der Waals surface area (Å²) in [5, 5.41) is 2.95. The Labute approximate surface area is 121 Å². The number of hydrogen-bond acceptors (Lipinski definition) is 3. The summed E-state index contributed by atoms with van der Waals surface area (Å²) in [7, 11) is 0. The number of amides is 1. The first-order valence-electron chi connectivity index (χ1n) is 7.38. The number of benzene rings is 1. The predicted octanol–water partition coefficient (Wildman–Crippen LogP) is 1.64. The van der Waals surface area contributed by atoms with Crippen LogP contribution in [0.4, 0.5) is 5.69 Å². The second kappa shape index (κ2) is 6.75. The summed E-state index contributed by atoms with van der Waals surface area (Å²) >= 11 is 0. The molecule has 1 amide bonds. The summed E-state index contributed by atoms with van der Waals surface area (Å²) in [6, 6.07) is 8.83. The average molecular weight is 275 g/mol. The lowest BCUT2D eigenvalue weighted by molar-refractivity contribution is -0.122. The molecule has 1 heterocycles. The maximum absolute atomic E-state index is 11.8. The predicted molar refractivity (Wildman–Crippen MR) is 83.1 cm³/mol. The molecule has 110 valence electrons. The Morgan fingerprint density at radius 2 is 1.95 bits per heavy atom. The van der Waals surface area contributed by atoms with Gasteiger partial charge in [0.15, 0.2) is 0 Å². The molecule has 1 aromatic carbocycles. The zero-order valence-corrected chi connectivity index (χ0v) is 12.7. The maximum Gasteiger partial charge on any atom is 0.234 e. The number of carbonyl (C=O) groups is 1. The number of hydrogen-bond donors (Lipinski definition) is 1. The Bertz CT molecular complexity index is 451. The maximum atomic E-state index is 11.8. The van der Waals surface area contributed by atoms with E-state index in [9.17, 15) is 4.79 Å². The summed E-state index contributed by atoms with van der Waals surface area (Å²) < 4.78 is 0. The number of anilines is 1. The van der Waals surface area contributed by atoms with Gasteiger partial charge in [0.25, 0.3) is 0 Å². The van der Waals surface area contributed by atoms with E-state index in [-0.39, 0.29) is 11.9 Å². The second-order valence-electron chi connectivity index (χ2n) is 5.82. The van der Waals surface area contributed by atoms with Gasteiger partial charge >= 0.3 is 0 Å². The van der Waals surface area contributed by atoms with Crippen LogP contribution in [0.2, 0.25) is 0 Å². The summed E-state index contributed by atoms with van der Waals surface area (Å²) in [5.41, 5.74) is 2.58. The first kappa shape index (κ1) is 14.9. The molecule has 0 aromatic heterocycles. The monoisotopic (exact) mass is 275 g/mol. The van der Waals surface area contributed by atoms with E-state index >= 15 is 0 Å². The van der Waals surface area contributed by atoms with Gasteiger partial charge in [0.05, 0.1) is 6.54 Å². The highest BCUT2D eigenvalue weighted by Crippen LogP contribution is 2.17. The summed E-state index contributed by atoms with van der Waals surface area (Å²) in [6.45, 7) is 10.5. The fourth-order valence-corrected chi connectivity index (χ4v) is 2.56. The minimum atomic E-state index is 0.129. The van der Waals surface area contributed by atoms with Gasteiger partial charge in [-0.15, -0.1) is 0 Å². The van der Waals surface area contributed by atoms with Crippen molar-refractivity contribution < 1.29 is 4.79 Å². The standard InChI is InChI=1S/C16H25N3O/c1-13(2)17-16(20)12-18-7-9-19(10-8-18)15-6-4-5-14(3)11-15/h4-6,11,13H,7-10,12H2,1-3H3,(H,17,20). The van der Waals surface area contributed by atoms with E-state index in [1.165, 1.54) is 11.3 Å². The van der Waals surface area contributed by atoms with E-state index in [0.717, 1.165) is 26.2 Å². The minimum absolute atomic E-state index is 0.129. The van der Waals surface area contributed by atoms with Gasteiger partial charge in [-0.25, -0.2) is 0 Å². The van der Waals surface area contributed by atoms with Crippen molar-refractivity contribution in [3.8, 4) is 0 Å². The van der Waals surface area contributed by atoms with Crippen molar-refractivity contribution in [2.75, 3.05) is 37.6 Å². The Hall–Kier alpha value is -1.55. The lowest BCUT2D eigenvalue weighted by atomic mass is 10.2. The molecule has 1 aromatic rings. The van der Waals surface area contributed by atoms with Crippen molar-refractivity contribution in [1.82, 2.24) is 10.2 Å². The fraction of sp³-hybridized carbons (Fsp3) is 0.562. The van der Waals surface area contributed by atoms with Crippen LogP contribution in [0.3, 0.4) is 0 Å². The first-order valence-corrected chi connectivity index (χ1v) is 7.38. The Kier molecular flexibility index (Phi) is 5.01. The van der Waals surface area contributed by atoms with E-state index in [2.05, 4.69) is 46.3 Å². The van der Waals surface area contributed by atoms with Crippen LogP contribution in [0, 0.1) is 6.92 Å². The molecule has 0 saturated carbocycles. The van der Waals surface area contributed by atoms with Crippen molar-refractivity contribution in [1.29, 1.82) is 0 Å². The van der Waals surface area contributed by atoms with Gasteiger partial charge < -0.3 is 10.2 Å². The molecule has 1 aliphatic rings. The molecule has 4 nitrogen and oxygen atoms in total. The molecule has 1 aliphatic heterocycles. The van der Waals surface area contributed by atoms with Crippen molar-refractivity contribution in [2.45, 2.75) is 26.8 Å². The molecular weight excluding hydrogens is 250 g/mol. The Morgan fingerprint density at radius 3 is 2.55 bits per heavy atom. The summed E-state index contributed by atoms with van der Waals surface area (Å²) in [5.74, 6) is 0.129. The quantitative estimate of drug-likeness (QED) is 0.907. The number of carbonyl (C=O) groups excluding carboxylic acids is 1. The molecular formula is C16H25N3O. The van der Waals surface area contributed by atoms with Crippen LogP contribution in [0.25, 0.3) is 0 Å². The van der Waals surface area contributed by atoms with Crippen LogP contribution < -0.4 is 10.2 Å². The number of rotatable bonds is 4. The summed E-state index contributed by atoms with van der Waals surface area (Å²) in [6.07, 6.45) is 0. The van der Waals surface area contributed by atoms with Gasteiger partial charge in [-0.1, -0.05) is 12.1 Å². The van der Waals surface area contributed by atoms with Crippen molar-refractivity contribution in [2.24, 2.45) is 0 Å². The topological polar surface area (TPSA) is 35.6 Å². The van der Waals surface area contributed by atoms with Gasteiger partial charge in [0, 0.05) is 37.9 Å². The van der Waals surface area contributed by atoms with Gasteiger partial charge in [-0.3, -0.25) is 9.69 Å². The number of aryl methyl sites for hydroxylation is 1. The molecule has 0 atom stereocenters. The third-order valence-electron chi connectivity index (χ3n) is 3.56. The molecule has 1 N–H and O–H groups in total. The van der Waals surface area contributed by atoms with Crippen LogP contribution in [0.15, 0.2) is 24.3 Å². The van der Waals surface area contributed by atoms with Crippen LogP contribution in [-0.2, 0) is 4.79 Å². The van der Waals surface area contributed by atoms with Crippen molar-refractivity contribution in [3.05, 3.63) is 29.8 Å². The van der Waals surface area contributed by atoms with E-state index in [4.69, 9.17) is 0 Å². The fourth-order valence-electron chi connectivity index (χ4n) is 2.56. The van der Waals surface area contributed by atoms with E-state index in [1.54, 1.807) is 0 Å². The largest absolute Gasteiger partial charge is 0.369 e. The van der Waals surface area contributed by atoms with Crippen LogP contribution in [0.5, 0.6) is 0 Å². The van der Waals surface area contributed by atoms with Crippen molar-refractivity contribution >= 4 is 11.6 Å². The number of piperazine rings is 1. The number of nitrogens with one attached hydrogen (secondary N) is 1. The minimum Gasteiger partial charge on any atom is -0.369 e. The SMILES string of the molecule is Cc1cccc(N2CCN(CC(=O)NC(C)C)CC2)c1. The van der Waals surface area contributed by atoms with Gasteiger partial charge in [-0.05, 0) is 38.5 Å². The zero-order valence-electron chi connectivity index (χ0n) is 12.7. The lowest BCUT2D eigenvalue weighted by Gasteiger charge is -2.36. The molecule has 4 heteroatoms. The zero-order chi connectivity index (χ0) is 14.5. The molecule has 0 radical (unpaired) electrons. The molecule has 2 rings (SSSR count). The molecule has 0 unspecified atom stereocenters. The third kappa shape index (κ3) is 4.23. The molecule has 0 bridgehead atoms.